The molecule has 0 fully saturated rings. The monoisotopic (exact) mass is 210 g/mol. The Bertz CT molecular complexity index is 522. The second-order valence-electron chi connectivity index (χ2n) is 3.15. The summed E-state index contributed by atoms with van der Waals surface area (Å²) in [5, 5.41) is 12.2. The Balaban J connectivity index is 2.75. The zero-order valence-corrected chi connectivity index (χ0v) is 8.94. The van der Waals surface area contributed by atoms with Gasteiger partial charge in [0.15, 0.2) is 0 Å². The fraction of sp³-hybridized carbons (Fsp3) is 0.250. The zero-order valence-electron chi connectivity index (χ0n) is 8.94. The lowest BCUT2D eigenvalue weighted by molar-refractivity contribution is 1.01. The van der Waals surface area contributed by atoms with Gasteiger partial charge in [-0.05, 0) is 30.2 Å². The van der Waals surface area contributed by atoms with Crippen molar-refractivity contribution in [2.24, 2.45) is 5.11 Å². The van der Waals surface area contributed by atoms with Gasteiger partial charge in [0, 0.05) is 23.4 Å². The molecular weight excluding hydrogens is 200 g/mol. The van der Waals surface area contributed by atoms with Gasteiger partial charge in [-0.3, -0.25) is 0 Å². The minimum Gasteiger partial charge on any atom is -0.192 e. The van der Waals surface area contributed by atoms with Gasteiger partial charge in [-0.1, -0.05) is 23.0 Å². The van der Waals surface area contributed by atoms with Gasteiger partial charge in [0.2, 0.25) is 0 Å². The van der Waals surface area contributed by atoms with E-state index in [9.17, 15) is 0 Å². The summed E-state index contributed by atoms with van der Waals surface area (Å²) in [6, 6.07) is 7.61. The summed E-state index contributed by atoms with van der Waals surface area (Å²) in [5.74, 6) is 5.80. The van der Waals surface area contributed by atoms with E-state index in [2.05, 4.69) is 27.9 Å². The number of aryl methyl sites for hydroxylation is 1. The Kier molecular flexibility index (Phi) is 4.47. The van der Waals surface area contributed by atoms with Crippen molar-refractivity contribution in [3.05, 3.63) is 45.3 Å². The summed E-state index contributed by atoms with van der Waals surface area (Å²) in [6.45, 7) is 2.26. The maximum Gasteiger partial charge on any atom is 0.0994 e. The molecule has 0 saturated heterocycles. The Labute approximate surface area is 94.1 Å². The van der Waals surface area contributed by atoms with E-state index in [0.717, 1.165) is 11.1 Å². The number of rotatable bonds is 2. The molecule has 0 radical (unpaired) electrons. The molecule has 0 aromatic heterocycles. The smallest absolute Gasteiger partial charge is 0.0994 e. The standard InChI is InChI=1S/C12H10N4/c1-10-5-6-11(8-12(10)9-13)4-2-3-7-15-16-14/h5-6,8H,3,7H2,1H3. The molecule has 1 rings (SSSR count). The first-order valence-electron chi connectivity index (χ1n) is 4.78. The zero-order chi connectivity index (χ0) is 11.8. The van der Waals surface area contributed by atoms with Crippen LogP contribution in [0.4, 0.5) is 0 Å². The molecule has 0 saturated carbocycles. The minimum atomic E-state index is 0.375. The van der Waals surface area contributed by atoms with E-state index < -0.39 is 0 Å². The fourth-order valence-electron chi connectivity index (χ4n) is 1.14. The van der Waals surface area contributed by atoms with Crippen LogP contribution >= 0.6 is 0 Å². The Morgan fingerprint density at radius 1 is 1.50 bits per heavy atom. The average Bonchev–Trinajstić information content (AvgIpc) is 2.31. The highest BCUT2D eigenvalue weighted by Gasteiger charge is 1.96. The molecule has 78 valence electrons. The van der Waals surface area contributed by atoms with Crippen LogP contribution in [-0.2, 0) is 0 Å². The lowest BCUT2D eigenvalue weighted by Gasteiger charge is -1.96. The van der Waals surface area contributed by atoms with Gasteiger partial charge >= 0.3 is 0 Å². The number of nitrogens with zero attached hydrogens (tertiary/aromatic N) is 4. The Hall–Kier alpha value is -2.42. The summed E-state index contributed by atoms with van der Waals surface area (Å²) in [5.41, 5.74) is 10.5. The van der Waals surface area contributed by atoms with E-state index >= 15 is 0 Å². The molecule has 4 nitrogen and oxygen atoms in total. The first-order chi connectivity index (χ1) is 7.77. The van der Waals surface area contributed by atoms with Crippen molar-refractivity contribution >= 4 is 0 Å². The fourth-order valence-corrected chi connectivity index (χ4v) is 1.14. The molecular formula is C12H10N4. The third kappa shape index (κ3) is 3.38. The van der Waals surface area contributed by atoms with Crippen LogP contribution in [0.25, 0.3) is 10.4 Å². The summed E-state index contributed by atoms with van der Waals surface area (Å²) >= 11 is 0. The summed E-state index contributed by atoms with van der Waals surface area (Å²) in [6.07, 6.45) is 0.528. The van der Waals surface area contributed by atoms with Gasteiger partial charge < -0.3 is 0 Å². The maximum atomic E-state index is 8.83. The number of hydrogen-bond donors (Lipinski definition) is 0. The summed E-state index contributed by atoms with van der Waals surface area (Å²) < 4.78 is 0. The Morgan fingerprint density at radius 2 is 2.31 bits per heavy atom. The second-order valence-corrected chi connectivity index (χ2v) is 3.15. The van der Waals surface area contributed by atoms with Crippen molar-refractivity contribution in [2.45, 2.75) is 13.3 Å². The van der Waals surface area contributed by atoms with E-state index in [4.69, 9.17) is 10.8 Å². The van der Waals surface area contributed by atoms with Crippen LogP contribution in [0.2, 0.25) is 0 Å². The highest BCUT2D eigenvalue weighted by molar-refractivity contribution is 5.45. The van der Waals surface area contributed by atoms with Gasteiger partial charge in [0.25, 0.3) is 0 Å². The van der Waals surface area contributed by atoms with Gasteiger partial charge in [0.05, 0.1) is 11.6 Å². The molecule has 0 aliphatic heterocycles. The van der Waals surface area contributed by atoms with E-state index in [1.165, 1.54) is 0 Å². The first-order valence-corrected chi connectivity index (χ1v) is 4.78. The first kappa shape index (κ1) is 11.7. The van der Waals surface area contributed by atoms with Gasteiger partial charge in [0.1, 0.15) is 0 Å². The van der Waals surface area contributed by atoms with E-state index in [1.54, 1.807) is 6.07 Å². The van der Waals surface area contributed by atoms with E-state index in [0.29, 0.717) is 18.5 Å². The van der Waals surface area contributed by atoms with Crippen molar-refractivity contribution in [2.75, 3.05) is 6.54 Å². The summed E-state index contributed by atoms with van der Waals surface area (Å²) in [4.78, 5) is 2.63. The molecule has 0 aliphatic rings. The van der Waals surface area contributed by atoms with Crippen LogP contribution in [0.3, 0.4) is 0 Å². The maximum absolute atomic E-state index is 8.83. The molecule has 16 heavy (non-hydrogen) atoms. The topological polar surface area (TPSA) is 72.6 Å². The van der Waals surface area contributed by atoms with Crippen molar-refractivity contribution < 1.29 is 0 Å². The van der Waals surface area contributed by atoms with Crippen LogP contribution in [0.5, 0.6) is 0 Å². The van der Waals surface area contributed by atoms with Crippen LogP contribution in [0.15, 0.2) is 23.3 Å². The summed E-state index contributed by atoms with van der Waals surface area (Å²) in [7, 11) is 0. The van der Waals surface area contributed by atoms with Crippen molar-refractivity contribution in [3.8, 4) is 17.9 Å². The molecule has 0 unspecified atom stereocenters. The van der Waals surface area contributed by atoms with Crippen LogP contribution in [0.1, 0.15) is 23.1 Å². The van der Waals surface area contributed by atoms with Crippen molar-refractivity contribution in [1.82, 2.24) is 0 Å². The number of azide groups is 1. The highest BCUT2D eigenvalue weighted by Crippen LogP contribution is 2.08. The molecule has 0 N–H and O–H groups in total. The number of benzene rings is 1. The van der Waals surface area contributed by atoms with E-state index in [-0.39, 0.29) is 0 Å². The molecule has 0 bridgehead atoms. The van der Waals surface area contributed by atoms with E-state index in [1.807, 2.05) is 19.1 Å². The number of hydrogen-bond acceptors (Lipinski definition) is 2. The Morgan fingerprint density at radius 3 is 3.00 bits per heavy atom. The largest absolute Gasteiger partial charge is 0.192 e. The molecule has 1 aromatic rings. The molecule has 0 amide bonds. The third-order valence-electron chi connectivity index (χ3n) is 1.99. The van der Waals surface area contributed by atoms with Crippen molar-refractivity contribution in [1.29, 1.82) is 5.26 Å². The quantitative estimate of drug-likeness (QED) is 0.243. The molecule has 4 heteroatoms. The predicted molar refractivity (Wildman–Crippen MR) is 61.4 cm³/mol. The SMILES string of the molecule is Cc1ccc(C#CCCN=[N+]=[N-])cc1C#N. The second kappa shape index (κ2) is 6.14. The lowest BCUT2D eigenvalue weighted by Crippen LogP contribution is -1.84. The number of nitriles is 1. The molecule has 0 heterocycles. The normalized spacial score (nSPS) is 8.25. The molecule has 0 aliphatic carbocycles. The van der Waals surface area contributed by atoms with Gasteiger partial charge in [-0.15, -0.1) is 0 Å². The van der Waals surface area contributed by atoms with Gasteiger partial charge in [-0.25, -0.2) is 0 Å². The van der Waals surface area contributed by atoms with Crippen LogP contribution < -0.4 is 0 Å². The van der Waals surface area contributed by atoms with Gasteiger partial charge in [-0.2, -0.15) is 5.26 Å². The van der Waals surface area contributed by atoms with Crippen LogP contribution in [-0.4, -0.2) is 6.54 Å². The highest BCUT2D eigenvalue weighted by atomic mass is 15.1. The minimum absolute atomic E-state index is 0.375. The third-order valence-corrected chi connectivity index (χ3v) is 1.99. The molecule has 1 aromatic carbocycles. The van der Waals surface area contributed by atoms with Crippen molar-refractivity contribution in [3.63, 3.8) is 0 Å². The molecule has 0 atom stereocenters. The predicted octanol–water partition coefficient (Wildman–Crippen LogP) is 2.92. The molecule has 0 spiro atoms. The average molecular weight is 210 g/mol. The lowest BCUT2D eigenvalue weighted by atomic mass is 10.1. The van der Waals surface area contributed by atoms with Crippen LogP contribution in [0, 0.1) is 30.1 Å².